The number of halogens is 2. The van der Waals surface area contributed by atoms with E-state index in [1.807, 2.05) is 38.8 Å². The molecule has 156 valence electrons. The molecule has 9 heteroatoms. The summed E-state index contributed by atoms with van der Waals surface area (Å²) >= 11 is 5.75. The van der Waals surface area contributed by atoms with Gasteiger partial charge in [-0.25, -0.2) is 9.98 Å². The molecule has 0 aliphatic rings. The number of aryl methyl sites for hydroxylation is 2. The standard InChI is InChI=1S/C21H21ClFN5O2/c1-5-28(4)12-27-16-8-14(3)17(9-13(16)2)30-21-19(23)20(25-11-26-21)29-15-6-7-18(22)24-10-15/h6-12H,5H2,1-4H3. The summed E-state index contributed by atoms with van der Waals surface area (Å²) in [4.78, 5) is 18.1. The molecule has 0 spiro atoms. The molecule has 0 saturated carbocycles. The summed E-state index contributed by atoms with van der Waals surface area (Å²) in [5, 5.41) is 0.300. The van der Waals surface area contributed by atoms with Gasteiger partial charge >= 0.3 is 0 Å². The van der Waals surface area contributed by atoms with E-state index in [1.165, 1.54) is 18.6 Å². The number of ether oxygens (including phenoxy) is 2. The van der Waals surface area contributed by atoms with Crippen molar-refractivity contribution in [1.82, 2.24) is 19.9 Å². The first kappa shape index (κ1) is 21.4. The van der Waals surface area contributed by atoms with Gasteiger partial charge in [-0.3, -0.25) is 0 Å². The largest absolute Gasteiger partial charge is 0.436 e. The highest BCUT2D eigenvalue weighted by atomic mass is 35.5. The second-order valence-electron chi connectivity index (χ2n) is 6.54. The third kappa shape index (κ3) is 5.21. The van der Waals surface area contributed by atoms with Crippen molar-refractivity contribution in [3.63, 3.8) is 0 Å². The van der Waals surface area contributed by atoms with Gasteiger partial charge in [0.25, 0.3) is 11.8 Å². The second-order valence-corrected chi connectivity index (χ2v) is 6.93. The minimum atomic E-state index is -0.823. The first-order valence-corrected chi connectivity index (χ1v) is 9.58. The molecule has 0 atom stereocenters. The Hall–Kier alpha value is -3.26. The topological polar surface area (TPSA) is 72.7 Å². The van der Waals surface area contributed by atoms with Gasteiger partial charge in [-0.2, -0.15) is 14.4 Å². The molecular weight excluding hydrogens is 409 g/mol. The van der Waals surface area contributed by atoms with Gasteiger partial charge in [0.05, 0.1) is 18.2 Å². The Balaban J connectivity index is 1.83. The normalized spacial score (nSPS) is 11.0. The fraction of sp³-hybridized carbons (Fsp3) is 0.238. The smallest absolute Gasteiger partial charge is 0.263 e. The Kier molecular flexibility index (Phi) is 6.79. The highest BCUT2D eigenvalue weighted by molar-refractivity contribution is 6.29. The first-order valence-electron chi connectivity index (χ1n) is 9.20. The fourth-order valence-electron chi connectivity index (χ4n) is 2.39. The zero-order valence-corrected chi connectivity index (χ0v) is 17.8. The van der Waals surface area contributed by atoms with Crippen LogP contribution in [0.5, 0.6) is 23.3 Å². The molecule has 0 fully saturated rings. The molecule has 0 bridgehead atoms. The predicted octanol–water partition coefficient (Wildman–Crippen LogP) is 5.48. The zero-order valence-electron chi connectivity index (χ0n) is 17.1. The predicted molar refractivity (Wildman–Crippen MR) is 114 cm³/mol. The van der Waals surface area contributed by atoms with E-state index in [0.29, 0.717) is 10.9 Å². The first-order chi connectivity index (χ1) is 14.4. The van der Waals surface area contributed by atoms with E-state index in [1.54, 1.807) is 18.5 Å². The average Bonchev–Trinajstić information content (AvgIpc) is 2.73. The number of rotatable bonds is 7. The van der Waals surface area contributed by atoms with Crippen molar-refractivity contribution in [3.05, 3.63) is 58.9 Å². The summed E-state index contributed by atoms with van der Waals surface area (Å²) < 4.78 is 26.0. The van der Waals surface area contributed by atoms with Crippen LogP contribution in [0, 0.1) is 19.7 Å². The van der Waals surface area contributed by atoms with Gasteiger partial charge in [0.1, 0.15) is 23.0 Å². The van der Waals surface area contributed by atoms with Crippen LogP contribution in [0.15, 0.2) is 41.8 Å². The number of aromatic nitrogens is 3. The van der Waals surface area contributed by atoms with Gasteiger partial charge in [0.2, 0.25) is 5.82 Å². The van der Waals surface area contributed by atoms with Crippen molar-refractivity contribution < 1.29 is 13.9 Å². The molecule has 3 rings (SSSR count). The maximum Gasteiger partial charge on any atom is 0.263 e. The van der Waals surface area contributed by atoms with Gasteiger partial charge < -0.3 is 14.4 Å². The lowest BCUT2D eigenvalue weighted by Crippen LogP contribution is -2.14. The molecule has 0 saturated heterocycles. The monoisotopic (exact) mass is 429 g/mol. The number of benzene rings is 1. The summed E-state index contributed by atoms with van der Waals surface area (Å²) in [6.07, 6.45) is 4.30. The summed E-state index contributed by atoms with van der Waals surface area (Å²) in [5.74, 6) is -0.592. The molecule has 1 aromatic carbocycles. The number of nitrogens with zero attached hydrogens (tertiary/aromatic N) is 5. The lowest BCUT2D eigenvalue weighted by atomic mass is 10.1. The van der Waals surface area contributed by atoms with Gasteiger partial charge in [0.15, 0.2) is 0 Å². The Labute approximate surface area is 179 Å². The van der Waals surface area contributed by atoms with Crippen LogP contribution >= 0.6 is 11.6 Å². The maximum absolute atomic E-state index is 14.8. The summed E-state index contributed by atoms with van der Waals surface area (Å²) in [6, 6.07) is 6.75. The van der Waals surface area contributed by atoms with Crippen LogP contribution in [0.1, 0.15) is 18.1 Å². The lowest BCUT2D eigenvalue weighted by Gasteiger charge is -2.13. The minimum Gasteiger partial charge on any atom is -0.436 e. The number of aliphatic imine (C=N–C) groups is 1. The Morgan fingerprint density at radius 2 is 1.83 bits per heavy atom. The molecule has 3 aromatic rings. The van der Waals surface area contributed by atoms with E-state index in [-0.39, 0.29) is 17.5 Å². The van der Waals surface area contributed by atoms with Gasteiger partial charge in [-0.1, -0.05) is 11.6 Å². The molecule has 0 aliphatic carbocycles. The van der Waals surface area contributed by atoms with Crippen LogP contribution in [0.3, 0.4) is 0 Å². The third-order valence-electron chi connectivity index (χ3n) is 4.23. The van der Waals surface area contributed by atoms with Crippen molar-refractivity contribution in [2.75, 3.05) is 13.6 Å². The summed E-state index contributed by atoms with van der Waals surface area (Å²) in [5.41, 5.74) is 2.48. The van der Waals surface area contributed by atoms with E-state index in [9.17, 15) is 4.39 Å². The van der Waals surface area contributed by atoms with Gasteiger partial charge in [-0.05, 0) is 56.2 Å². The number of hydrogen-bond acceptors (Lipinski definition) is 6. The molecule has 2 heterocycles. The SMILES string of the molecule is CCN(C)C=Nc1cc(C)c(Oc2ncnc(Oc3ccc(Cl)nc3)c2F)cc1C. The fourth-order valence-corrected chi connectivity index (χ4v) is 2.50. The summed E-state index contributed by atoms with van der Waals surface area (Å²) in [7, 11) is 1.95. The van der Waals surface area contributed by atoms with Gasteiger partial charge in [-0.15, -0.1) is 0 Å². The quantitative estimate of drug-likeness (QED) is 0.281. The van der Waals surface area contributed by atoms with Crippen LogP contribution in [0.4, 0.5) is 10.1 Å². The van der Waals surface area contributed by atoms with E-state index in [2.05, 4.69) is 19.9 Å². The van der Waals surface area contributed by atoms with Crippen molar-refractivity contribution in [3.8, 4) is 23.3 Å². The molecule has 0 radical (unpaired) electrons. The number of pyridine rings is 1. The maximum atomic E-state index is 14.8. The van der Waals surface area contributed by atoms with Gasteiger partial charge in [0, 0.05) is 13.6 Å². The molecule has 2 aromatic heterocycles. The van der Waals surface area contributed by atoms with Crippen LogP contribution in [0.2, 0.25) is 5.15 Å². The van der Waals surface area contributed by atoms with E-state index < -0.39 is 5.82 Å². The minimum absolute atomic E-state index is 0.244. The molecule has 0 unspecified atom stereocenters. The molecule has 0 amide bonds. The Morgan fingerprint density at radius 3 is 2.50 bits per heavy atom. The third-order valence-corrected chi connectivity index (χ3v) is 4.46. The van der Waals surface area contributed by atoms with Crippen LogP contribution in [-0.2, 0) is 0 Å². The lowest BCUT2D eigenvalue weighted by molar-refractivity contribution is 0.374. The second kappa shape index (κ2) is 9.49. The van der Waals surface area contributed by atoms with E-state index in [0.717, 1.165) is 23.4 Å². The van der Waals surface area contributed by atoms with Crippen LogP contribution in [0.25, 0.3) is 0 Å². The molecular formula is C21H21ClFN5O2. The van der Waals surface area contributed by atoms with Crippen molar-refractivity contribution >= 4 is 23.6 Å². The Bertz CT molecular complexity index is 1060. The molecule has 7 nitrogen and oxygen atoms in total. The van der Waals surface area contributed by atoms with Crippen LogP contribution < -0.4 is 9.47 Å². The highest BCUT2D eigenvalue weighted by Gasteiger charge is 2.17. The number of hydrogen-bond donors (Lipinski definition) is 0. The zero-order chi connectivity index (χ0) is 21.7. The average molecular weight is 430 g/mol. The van der Waals surface area contributed by atoms with Crippen LogP contribution in [-0.4, -0.2) is 39.8 Å². The van der Waals surface area contributed by atoms with Crippen molar-refractivity contribution in [2.24, 2.45) is 4.99 Å². The molecule has 30 heavy (non-hydrogen) atoms. The summed E-state index contributed by atoms with van der Waals surface area (Å²) in [6.45, 7) is 6.65. The molecule has 0 aliphatic heterocycles. The Morgan fingerprint density at radius 1 is 1.10 bits per heavy atom. The molecule has 0 N–H and O–H groups in total. The van der Waals surface area contributed by atoms with Crippen molar-refractivity contribution in [1.29, 1.82) is 0 Å². The van der Waals surface area contributed by atoms with E-state index >= 15 is 0 Å². The highest BCUT2D eigenvalue weighted by Crippen LogP contribution is 2.34. The van der Waals surface area contributed by atoms with E-state index in [4.69, 9.17) is 21.1 Å². The van der Waals surface area contributed by atoms with Crippen molar-refractivity contribution in [2.45, 2.75) is 20.8 Å².